The molecular formula is C25H20ClIN5OP. The molecule has 2 N–H and O–H groups in total. The molecule has 0 saturated heterocycles. The molecule has 5 rings (SSSR count). The molecule has 6 nitrogen and oxygen atoms in total. The van der Waals surface area contributed by atoms with Gasteiger partial charge < -0.3 is 14.9 Å². The fourth-order valence-electron chi connectivity index (χ4n) is 4.66. The van der Waals surface area contributed by atoms with Crippen molar-refractivity contribution in [2.75, 3.05) is 5.09 Å². The Labute approximate surface area is 216 Å². The van der Waals surface area contributed by atoms with E-state index in [-0.39, 0.29) is 0 Å². The van der Waals surface area contributed by atoms with E-state index in [1.54, 1.807) is 18.6 Å². The van der Waals surface area contributed by atoms with Gasteiger partial charge in [0.05, 0.1) is 5.02 Å². The molecule has 0 aliphatic heterocycles. The Balaban J connectivity index is 1.83. The standard InChI is InChI=1S/C25H20ClIN5OP/c26-22-12-29-8-6-18(22)19-3-1-2-17-20(4-5-23(31-34-27)21(17)11-28)25(19)15-7-9-32-13-16(14-33)30-24(32)10-15/h4-14,28,31,34H,1-3H2. The largest absolute Gasteiger partial charge is 0.358 e. The molecule has 0 fully saturated rings. The molecule has 1 unspecified atom stereocenters. The third kappa shape index (κ3) is 4.17. The lowest BCUT2D eigenvalue weighted by Crippen LogP contribution is -2.03. The Hall–Kier alpha value is -2.61. The van der Waals surface area contributed by atoms with Gasteiger partial charge in [-0.2, -0.15) is 0 Å². The number of anilines is 1. The first-order chi connectivity index (χ1) is 16.6. The number of allylic oxidation sites excluding steroid dienone is 1. The Bertz CT molecular complexity index is 1470. The number of carbonyl (C=O) groups is 1. The van der Waals surface area contributed by atoms with Gasteiger partial charge in [-0.15, -0.1) is 0 Å². The van der Waals surface area contributed by atoms with Crippen LogP contribution in [0.5, 0.6) is 0 Å². The van der Waals surface area contributed by atoms with E-state index in [9.17, 15) is 4.79 Å². The summed E-state index contributed by atoms with van der Waals surface area (Å²) < 4.78 is 1.85. The number of carbonyl (C=O) groups excluding carboxylic acids is 1. The average molecular weight is 600 g/mol. The second-order valence-electron chi connectivity index (χ2n) is 7.94. The smallest absolute Gasteiger partial charge is 0.170 e. The van der Waals surface area contributed by atoms with Gasteiger partial charge in [0.25, 0.3) is 0 Å². The van der Waals surface area contributed by atoms with Crippen molar-refractivity contribution in [3.8, 4) is 0 Å². The maximum Gasteiger partial charge on any atom is 0.170 e. The van der Waals surface area contributed by atoms with Crippen LogP contribution in [0.3, 0.4) is 0 Å². The number of nitrogens with one attached hydrogen (secondary N) is 2. The van der Waals surface area contributed by atoms with Crippen LogP contribution in [0, 0.1) is 5.41 Å². The van der Waals surface area contributed by atoms with E-state index in [2.05, 4.69) is 49.2 Å². The van der Waals surface area contributed by atoms with Crippen LogP contribution in [-0.4, -0.2) is 26.9 Å². The van der Waals surface area contributed by atoms with Gasteiger partial charge in [-0.05, 0) is 99.0 Å². The molecule has 4 aromatic rings. The molecule has 0 amide bonds. The Kier molecular flexibility index (Phi) is 6.77. The highest BCUT2D eigenvalue weighted by Crippen LogP contribution is 2.43. The number of imidazole rings is 1. The first-order valence-corrected chi connectivity index (χ1v) is 15.2. The van der Waals surface area contributed by atoms with Crippen molar-refractivity contribution in [1.29, 1.82) is 5.41 Å². The summed E-state index contributed by atoms with van der Waals surface area (Å²) >= 11 is 8.94. The highest BCUT2D eigenvalue weighted by Gasteiger charge is 2.24. The molecule has 170 valence electrons. The number of rotatable bonds is 6. The summed E-state index contributed by atoms with van der Waals surface area (Å²) in [4.78, 5) is 19.9. The van der Waals surface area contributed by atoms with Crippen LogP contribution in [0.2, 0.25) is 5.02 Å². The van der Waals surface area contributed by atoms with Crippen LogP contribution >= 0.6 is 40.0 Å². The monoisotopic (exact) mass is 599 g/mol. The van der Waals surface area contributed by atoms with E-state index in [4.69, 9.17) is 17.0 Å². The number of aromatic nitrogens is 3. The van der Waals surface area contributed by atoms with Crippen LogP contribution in [0.1, 0.15) is 51.1 Å². The first-order valence-electron chi connectivity index (χ1n) is 10.7. The zero-order valence-electron chi connectivity index (χ0n) is 18.0. The summed E-state index contributed by atoms with van der Waals surface area (Å²) in [7, 11) is 0. The predicted octanol–water partition coefficient (Wildman–Crippen LogP) is 6.84. The molecule has 3 heterocycles. The summed E-state index contributed by atoms with van der Waals surface area (Å²) in [6.45, 7) is 0. The zero-order chi connectivity index (χ0) is 23.7. The molecule has 0 saturated carbocycles. The molecule has 1 aliphatic carbocycles. The van der Waals surface area contributed by atoms with Gasteiger partial charge in [-0.25, -0.2) is 4.98 Å². The van der Waals surface area contributed by atoms with Crippen molar-refractivity contribution in [3.63, 3.8) is 0 Å². The molecule has 1 aromatic carbocycles. The van der Waals surface area contributed by atoms with Crippen molar-refractivity contribution < 1.29 is 4.79 Å². The Morgan fingerprint density at radius 1 is 1.21 bits per heavy atom. The summed E-state index contributed by atoms with van der Waals surface area (Å²) in [6.07, 6.45) is 12.4. The average Bonchev–Trinajstić information content (AvgIpc) is 3.17. The Morgan fingerprint density at radius 3 is 2.85 bits per heavy atom. The first kappa shape index (κ1) is 23.1. The number of aldehydes is 1. The second kappa shape index (κ2) is 9.94. The van der Waals surface area contributed by atoms with Gasteiger partial charge in [0.2, 0.25) is 0 Å². The van der Waals surface area contributed by atoms with Gasteiger partial charge in [-0.1, -0.05) is 17.7 Å². The number of benzene rings is 1. The topological polar surface area (TPSA) is 83.1 Å². The van der Waals surface area contributed by atoms with Crippen molar-refractivity contribution in [1.82, 2.24) is 14.4 Å². The van der Waals surface area contributed by atoms with E-state index in [0.717, 1.165) is 70.2 Å². The molecule has 1 aliphatic rings. The summed E-state index contributed by atoms with van der Waals surface area (Å²) in [5.41, 5.74) is 9.42. The molecule has 9 heteroatoms. The lowest BCUT2D eigenvalue weighted by molar-refractivity contribution is 0.111. The lowest BCUT2D eigenvalue weighted by Gasteiger charge is -2.20. The number of hydrogen-bond donors (Lipinski definition) is 2. The minimum atomic E-state index is 0.395. The third-order valence-electron chi connectivity index (χ3n) is 6.09. The normalized spacial score (nSPS) is 13.8. The van der Waals surface area contributed by atoms with Crippen molar-refractivity contribution in [3.05, 3.63) is 93.7 Å². The minimum absolute atomic E-state index is 0.395. The van der Waals surface area contributed by atoms with Gasteiger partial charge in [0.1, 0.15) is 11.3 Å². The molecule has 0 spiro atoms. The second-order valence-corrected chi connectivity index (χ2v) is 10.4. The molecule has 0 radical (unpaired) electrons. The molecule has 1 atom stereocenters. The third-order valence-corrected chi connectivity index (χ3v) is 7.57. The van der Waals surface area contributed by atoms with Gasteiger partial charge in [-0.3, -0.25) is 9.78 Å². The van der Waals surface area contributed by atoms with E-state index < -0.39 is 0 Å². The fourth-order valence-corrected chi connectivity index (χ4v) is 6.08. The van der Waals surface area contributed by atoms with E-state index >= 15 is 0 Å². The summed E-state index contributed by atoms with van der Waals surface area (Å²) in [5, 5.41) is 12.2. The molecule has 3 aromatic heterocycles. The Morgan fingerprint density at radius 2 is 2.09 bits per heavy atom. The number of hydrogen-bond acceptors (Lipinski definition) is 5. The van der Waals surface area contributed by atoms with Crippen LogP contribution in [-0.2, 0) is 6.42 Å². The molecular weight excluding hydrogens is 580 g/mol. The SMILES string of the molecule is N=Cc1c(NPI)ccc2c1CCCC(c1ccncc1Cl)=C2c1ccn2cc(C=O)nc2c1. The zero-order valence-corrected chi connectivity index (χ0v) is 21.9. The molecule has 0 bridgehead atoms. The fraction of sp³-hybridized carbons (Fsp3) is 0.120. The van der Waals surface area contributed by atoms with Crippen molar-refractivity contribution in [2.45, 2.75) is 19.3 Å². The van der Waals surface area contributed by atoms with E-state index in [1.807, 2.05) is 28.8 Å². The number of pyridine rings is 2. The number of nitrogens with zero attached hydrogens (tertiary/aromatic N) is 3. The maximum atomic E-state index is 11.3. The van der Waals surface area contributed by atoms with Gasteiger partial charge in [0, 0.05) is 48.6 Å². The van der Waals surface area contributed by atoms with Crippen LogP contribution in [0.25, 0.3) is 16.8 Å². The van der Waals surface area contributed by atoms with E-state index in [1.165, 1.54) is 6.21 Å². The van der Waals surface area contributed by atoms with Crippen molar-refractivity contribution in [2.24, 2.45) is 0 Å². The van der Waals surface area contributed by atoms with Crippen molar-refractivity contribution >= 4 is 75.0 Å². The van der Waals surface area contributed by atoms with Crippen LogP contribution in [0.4, 0.5) is 5.69 Å². The minimum Gasteiger partial charge on any atom is -0.358 e. The molecule has 34 heavy (non-hydrogen) atoms. The maximum absolute atomic E-state index is 11.3. The number of fused-ring (bicyclic) bond motifs is 2. The summed E-state index contributed by atoms with van der Waals surface area (Å²) in [5.74, 6) is 0. The number of halogens is 2. The van der Waals surface area contributed by atoms with Gasteiger partial charge in [0.15, 0.2) is 6.29 Å². The predicted molar refractivity (Wildman–Crippen MR) is 149 cm³/mol. The lowest BCUT2D eigenvalue weighted by atomic mass is 9.87. The summed E-state index contributed by atoms with van der Waals surface area (Å²) in [6, 6.07) is 10.2. The highest BCUT2D eigenvalue weighted by molar-refractivity contribution is 14.2. The van der Waals surface area contributed by atoms with Gasteiger partial charge >= 0.3 is 0 Å². The highest BCUT2D eigenvalue weighted by atomic mass is 127. The quantitative estimate of drug-likeness (QED) is 0.110. The van der Waals surface area contributed by atoms with Crippen LogP contribution in [0.15, 0.2) is 55.1 Å². The van der Waals surface area contributed by atoms with Crippen LogP contribution < -0.4 is 5.09 Å². The van der Waals surface area contributed by atoms with E-state index in [0.29, 0.717) is 22.7 Å².